The molecule has 2 aliphatic rings. The second kappa shape index (κ2) is 12.3. The number of hydrogen-bond acceptors (Lipinski definition) is 4. The molecule has 1 atom stereocenters. The monoisotopic (exact) mass is 531 g/mol. The predicted octanol–water partition coefficient (Wildman–Crippen LogP) is 1.45. The highest BCUT2D eigenvalue weighted by molar-refractivity contribution is 14.0. The lowest BCUT2D eigenvalue weighted by molar-refractivity contribution is -0.142. The molecule has 8 nitrogen and oxygen atoms in total. The summed E-state index contributed by atoms with van der Waals surface area (Å²) in [4.78, 5) is 32.9. The molecular weight excluding hydrogens is 497 g/mol. The average molecular weight is 531 g/mol. The number of piperazine rings is 1. The largest absolute Gasteiger partial charge is 0.368 e. The van der Waals surface area contributed by atoms with E-state index >= 15 is 0 Å². The summed E-state index contributed by atoms with van der Waals surface area (Å²) >= 11 is 0. The number of aryl methyl sites for hydroxylation is 1. The van der Waals surface area contributed by atoms with Crippen molar-refractivity contribution in [1.29, 1.82) is 0 Å². The number of aromatic nitrogens is 1. The van der Waals surface area contributed by atoms with Gasteiger partial charge in [0.25, 0.3) is 11.5 Å². The summed E-state index contributed by atoms with van der Waals surface area (Å²) in [7, 11) is 1.79. The van der Waals surface area contributed by atoms with Crippen LogP contribution in [-0.2, 0) is 16.1 Å². The van der Waals surface area contributed by atoms with Gasteiger partial charge in [0.05, 0.1) is 0 Å². The van der Waals surface area contributed by atoms with Gasteiger partial charge >= 0.3 is 0 Å². The number of rotatable bonds is 6. The molecule has 0 spiro atoms. The fraction of sp³-hybridized carbons (Fsp3) is 0.667. The number of carbonyl (C=O) groups is 1. The third-order valence-electron chi connectivity index (χ3n) is 5.67. The average Bonchev–Trinajstić information content (AvgIpc) is 3.27. The van der Waals surface area contributed by atoms with Crippen molar-refractivity contribution < 1.29 is 9.53 Å². The van der Waals surface area contributed by atoms with Crippen molar-refractivity contribution >= 4 is 35.8 Å². The Hall–Kier alpha value is -1.62. The van der Waals surface area contributed by atoms with Gasteiger partial charge in [-0.25, -0.2) is 0 Å². The quantitative estimate of drug-likeness (QED) is 0.260. The van der Waals surface area contributed by atoms with E-state index in [1.54, 1.807) is 19.2 Å². The van der Waals surface area contributed by atoms with Crippen LogP contribution in [-0.4, -0.2) is 78.7 Å². The molecule has 2 saturated heterocycles. The summed E-state index contributed by atoms with van der Waals surface area (Å²) in [6.07, 6.45) is 3.47. The van der Waals surface area contributed by atoms with E-state index in [0.717, 1.165) is 63.5 Å². The number of nitrogens with one attached hydrogen (secondary N) is 1. The molecule has 1 amide bonds. The molecule has 1 N–H and O–H groups in total. The SMILES string of the molecule is CN=C(NCCCCn1c(C)cccc1=O)N1CCN(C(=O)C2CCCO2)CC1.I. The second-order valence-corrected chi connectivity index (χ2v) is 7.65. The Balaban J connectivity index is 0.00000320. The van der Waals surface area contributed by atoms with E-state index < -0.39 is 0 Å². The molecule has 3 rings (SSSR count). The fourth-order valence-electron chi connectivity index (χ4n) is 3.95. The van der Waals surface area contributed by atoms with Crippen LogP contribution in [0, 0.1) is 6.92 Å². The first kappa shape index (κ1) is 24.6. The normalized spacial score (nSPS) is 19.5. The molecule has 3 heterocycles. The van der Waals surface area contributed by atoms with Gasteiger partial charge in [0.1, 0.15) is 6.10 Å². The molecule has 9 heteroatoms. The fourth-order valence-corrected chi connectivity index (χ4v) is 3.95. The lowest BCUT2D eigenvalue weighted by atomic mass is 10.2. The van der Waals surface area contributed by atoms with Crippen LogP contribution in [0.2, 0.25) is 0 Å². The van der Waals surface area contributed by atoms with Gasteiger partial charge in [0, 0.05) is 64.7 Å². The molecule has 0 aromatic carbocycles. The molecule has 1 unspecified atom stereocenters. The highest BCUT2D eigenvalue weighted by atomic mass is 127. The number of aliphatic imine (C=N–C) groups is 1. The second-order valence-electron chi connectivity index (χ2n) is 7.65. The van der Waals surface area contributed by atoms with E-state index in [4.69, 9.17) is 4.74 Å². The number of unbranched alkanes of at least 4 members (excludes halogenated alkanes) is 1. The van der Waals surface area contributed by atoms with Gasteiger partial charge in [0.2, 0.25) is 0 Å². The Morgan fingerprint density at radius 3 is 2.57 bits per heavy atom. The maximum atomic E-state index is 12.5. The van der Waals surface area contributed by atoms with Crippen molar-refractivity contribution in [1.82, 2.24) is 19.7 Å². The highest BCUT2D eigenvalue weighted by Gasteiger charge is 2.30. The van der Waals surface area contributed by atoms with Gasteiger partial charge in [-0.3, -0.25) is 14.6 Å². The number of guanidine groups is 1. The molecule has 2 fully saturated rings. The number of nitrogens with zero attached hydrogens (tertiary/aromatic N) is 4. The van der Waals surface area contributed by atoms with Gasteiger partial charge in [-0.2, -0.15) is 0 Å². The smallest absolute Gasteiger partial charge is 0.251 e. The maximum Gasteiger partial charge on any atom is 0.251 e. The zero-order valence-electron chi connectivity index (χ0n) is 18.0. The minimum absolute atomic E-state index is 0. The molecule has 1 aromatic heterocycles. The standard InChI is InChI=1S/C21H33N5O3.HI/c1-17-7-5-9-19(27)26(17)11-4-3-10-23-21(22-2)25-14-12-24(13-15-25)20(28)18-8-6-16-29-18;/h5,7,9,18H,3-4,6,8,10-16H2,1-2H3,(H,22,23);1H. The van der Waals surface area contributed by atoms with Crippen LogP contribution in [0.25, 0.3) is 0 Å². The summed E-state index contributed by atoms with van der Waals surface area (Å²) in [6, 6.07) is 5.37. The predicted molar refractivity (Wildman–Crippen MR) is 129 cm³/mol. The minimum Gasteiger partial charge on any atom is -0.368 e. The molecule has 0 aliphatic carbocycles. The topological polar surface area (TPSA) is 79.2 Å². The first-order valence-corrected chi connectivity index (χ1v) is 10.6. The van der Waals surface area contributed by atoms with E-state index in [9.17, 15) is 9.59 Å². The highest BCUT2D eigenvalue weighted by Crippen LogP contribution is 2.16. The molecule has 0 bridgehead atoms. The number of hydrogen-bond donors (Lipinski definition) is 1. The summed E-state index contributed by atoms with van der Waals surface area (Å²) < 4.78 is 7.34. The Morgan fingerprint density at radius 2 is 1.93 bits per heavy atom. The Morgan fingerprint density at radius 1 is 1.20 bits per heavy atom. The van der Waals surface area contributed by atoms with Crippen molar-refractivity contribution in [3.63, 3.8) is 0 Å². The van der Waals surface area contributed by atoms with E-state index in [1.807, 2.05) is 22.5 Å². The number of halogens is 1. The van der Waals surface area contributed by atoms with Crippen molar-refractivity contribution in [3.8, 4) is 0 Å². The third-order valence-corrected chi connectivity index (χ3v) is 5.67. The molecular formula is C21H34IN5O3. The van der Waals surface area contributed by atoms with E-state index in [-0.39, 0.29) is 41.5 Å². The van der Waals surface area contributed by atoms with E-state index in [2.05, 4.69) is 15.2 Å². The first-order valence-electron chi connectivity index (χ1n) is 10.6. The molecule has 2 aliphatic heterocycles. The molecule has 168 valence electrons. The van der Waals surface area contributed by atoms with Crippen LogP contribution in [0.15, 0.2) is 28.0 Å². The summed E-state index contributed by atoms with van der Waals surface area (Å²) in [5.74, 6) is 1.01. The first-order chi connectivity index (χ1) is 14.1. The van der Waals surface area contributed by atoms with Gasteiger partial charge in [-0.05, 0) is 38.7 Å². The summed E-state index contributed by atoms with van der Waals surface area (Å²) in [5, 5.41) is 3.41. The molecule has 0 radical (unpaired) electrons. The van der Waals surface area contributed by atoms with Gasteiger partial charge in [-0.1, -0.05) is 6.07 Å². The van der Waals surface area contributed by atoms with E-state index in [0.29, 0.717) is 19.7 Å². The Kier molecular flexibility index (Phi) is 10.1. The van der Waals surface area contributed by atoms with Crippen LogP contribution in [0.3, 0.4) is 0 Å². The Bertz CT molecular complexity index is 768. The number of ether oxygens (including phenoxy) is 1. The van der Waals surface area contributed by atoms with Crippen LogP contribution >= 0.6 is 24.0 Å². The Labute approximate surface area is 195 Å². The van der Waals surface area contributed by atoms with Crippen LogP contribution in [0.4, 0.5) is 0 Å². The number of amides is 1. The summed E-state index contributed by atoms with van der Waals surface area (Å²) in [6.45, 7) is 7.16. The zero-order chi connectivity index (χ0) is 20.6. The lowest BCUT2D eigenvalue weighted by Gasteiger charge is -2.37. The zero-order valence-corrected chi connectivity index (χ0v) is 20.3. The molecule has 0 saturated carbocycles. The molecule has 1 aromatic rings. The van der Waals surface area contributed by atoms with Gasteiger partial charge < -0.3 is 24.4 Å². The maximum absolute atomic E-state index is 12.5. The van der Waals surface area contributed by atoms with Crippen molar-refractivity contribution in [3.05, 3.63) is 34.2 Å². The van der Waals surface area contributed by atoms with Crippen LogP contribution in [0.1, 0.15) is 31.4 Å². The third kappa shape index (κ3) is 6.44. The van der Waals surface area contributed by atoms with Crippen molar-refractivity contribution in [2.24, 2.45) is 4.99 Å². The lowest BCUT2D eigenvalue weighted by Crippen LogP contribution is -2.55. The number of carbonyl (C=O) groups excluding carboxylic acids is 1. The van der Waals surface area contributed by atoms with Gasteiger partial charge in [0.15, 0.2) is 5.96 Å². The minimum atomic E-state index is -0.236. The summed E-state index contributed by atoms with van der Waals surface area (Å²) in [5.41, 5.74) is 1.06. The van der Waals surface area contributed by atoms with Crippen LogP contribution < -0.4 is 10.9 Å². The number of pyridine rings is 1. The van der Waals surface area contributed by atoms with Gasteiger partial charge in [-0.15, -0.1) is 24.0 Å². The van der Waals surface area contributed by atoms with E-state index in [1.165, 1.54) is 0 Å². The molecule has 30 heavy (non-hydrogen) atoms. The van der Waals surface area contributed by atoms with Crippen molar-refractivity contribution in [2.45, 2.75) is 45.3 Å². The van der Waals surface area contributed by atoms with Crippen molar-refractivity contribution in [2.75, 3.05) is 46.4 Å². The van der Waals surface area contributed by atoms with Crippen LogP contribution in [0.5, 0.6) is 0 Å².